The summed E-state index contributed by atoms with van der Waals surface area (Å²) in [6.07, 6.45) is 4.45. The van der Waals surface area contributed by atoms with E-state index in [1.165, 1.54) is 29.5 Å². The molecule has 0 saturated carbocycles. The van der Waals surface area contributed by atoms with Crippen LogP contribution in [0.5, 0.6) is 0 Å². The van der Waals surface area contributed by atoms with E-state index in [1.807, 2.05) is 0 Å². The van der Waals surface area contributed by atoms with Gasteiger partial charge < -0.3 is 4.74 Å². The fourth-order valence-electron chi connectivity index (χ4n) is 1.22. The number of rotatable bonds is 8. The summed E-state index contributed by atoms with van der Waals surface area (Å²) in [6, 6.07) is 0. The van der Waals surface area contributed by atoms with E-state index < -0.39 is 9.66 Å². The summed E-state index contributed by atoms with van der Waals surface area (Å²) in [6.45, 7) is 1.83. The third-order valence-electron chi connectivity index (χ3n) is 2.05. The second-order valence-electron chi connectivity index (χ2n) is 3.52. The van der Waals surface area contributed by atoms with Crippen LogP contribution in [-0.2, 0) is 9.53 Å². The molecule has 0 bridgehead atoms. The van der Waals surface area contributed by atoms with E-state index in [9.17, 15) is 13.6 Å². The molecule has 0 atom stereocenters. The first kappa shape index (κ1) is 15.8. The Labute approximate surface area is 109 Å². The SMILES string of the molecule is CC(=O)OCCCCCCC/C(F)=C(\F)I. The van der Waals surface area contributed by atoms with Crippen LogP contribution < -0.4 is 0 Å². The first-order valence-corrected chi connectivity index (χ1v) is 6.45. The zero-order valence-electron chi connectivity index (χ0n) is 9.40. The molecule has 0 radical (unpaired) electrons. The van der Waals surface area contributed by atoms with E-state index in [4.69, 9.17) is 4.74 Å². The minimum absolute atomic E-state index is 0.179. The molecule has 0 spiro atoms. The molecule has 0 aromatic heterocycles. The lowest BCUT2D eigenvalue weighted by molar-refractivity contribution is -0.141. The van der Waals surface area contributed by atoms with Gasteiger partial charge in [-0.1, -0.05) is 19.3 Å². The number of halogens is 3. The molecule has 0 aliphatic heterocycles. The third-order valence-corrected chi connectivity index (χ3v) is 2.64. The first-order valence-electron chi connectivity index (χ1n) is 5.37. The molecule has 94 valence electrons. The number of ether oxygens (including phenoxy) is 1. The van der Waals surface area contributed by atoms with Crippen molar-refractivity contribution >= 4 is 28.6 Å². The molecular weight excluding hydrogens is 329 g/mol. The van der Waals surface area contributed by atoms with Crippen LogP contribution in [0.3, 0.4) is 0 Å². The monoisotopic (exact) mass is 346 g/mol. The van der Waals surface area contributed by atoms with Crippen molar-refractivity contribution in [3.8, 4) is 0 Å². The number of carbonyl (C=O) groups is 1. The van der Waals surface area contributed by atoms with Gasteiger partial charge in [0.1, 0.15) is 5.83 Å². The molecule has 16 heavy (non-hydrogen) atoms. The Morgan fingerprint density at radius 1 is 1.12 bits per heavy atom. The predicted octanol–water partition coefficient (Wildman–Crippen LogP) is 4.43. The van der Waals surface area contributed by atoms with Gasteiger partial charge in [-0.15, -0.1) is 0 Å². The molecule has 0 amide bonds. The largest absolute Gasteiger partial charge is 0.466 e. The van der Waals surface area contributed by atoms with Gasteiger partial charge in [0.2, 0.25) is 0 Å². The number of allylic oxidation sites excluding steroid dienone is 1. The molecule has 0 aliphatic rings. The maximum Gasteiger partial charge on any atom is 0.302 e. The van der Waals surface area contributed by atoms with Crippen LogP contribution in [0.2, 0.25) is 0 Å². The Hall–Kier alpha value is -0.200. The van der Waals surface area contributed by atoms with Crippen LogP contribution in [0.1, 0.15) is 45.4 Å². The van der Waals surface area contributed by atoms with E-state index in [-0.39, 0.29) is 12.4 Å². The van der Waals surface area contributed by atoms with Crippen molar-refractivity contribution < 1.29 is 18.3 Å². The van der Waals surface area contributed by atoms with Gasteiger partial charge in [0.15, 0.2) is 3.83 Å². The summed E-state index contributed by atoms with van der Waals surface area (Å²) in [4.78, 5) is 10.4. The molecule has 0 fully saturated rings. The Morgan fingerprint density at radius 2 is 1.69 bits per heavy atom. The van der Waals surface area contributed by atoms with Crippen LogP contribution in [0.15, 0.2) is 9.66 Å². The normalized spacial score (nSPS) is 12.2. The highest BCUT2D eigenvalue weighted by Gasteiger charge is 2.01. The maximum atomic E-state index is 12.7. The first-order chi connectivity index (χ1) is 7.54. The summed E-state index contributed by atoms with van der Waals surface area (Å²) in [5.41, 5.74) is 0. The molecule has 2 nitrogen and oxygen atoms in total. The van der Waals surface area contributed by atoms with Gasteiger partial charge in [0.05, 0.1) is 6.61 Å². The van der Waals surface area contributed by atoms with Gasteiger partial charge >= 0.3 is 5.97 Å². The van der Waals surface area contributed by atoms with E-state index >= 15 is 0 Å². The van der Waals surface area contributed by atoms with Gasteiger partial charge in [0.25, 0.3) is 0 Å². The topological polar surface area (TPSA) is 26.3 Å². The lowest BCUT2D eigenvalue weighted by atomic mass is 10.1. The minimum Gasteiger partial charge on any atom is -0.466 e. The minimum atomic E-state index is -0.743. The van der Waals surface area contributed by atoms with Crippen molar-refractivity contribution in [2.75, 3.05) is 6.61 Å². The quantitative estimate of drug-likeness (QED) is 0.369. The number of hydrogen-bond donors (Lipinski definition) is 0. The Balaban J connectivity index is 3.22. The summed E-state index contributed by atoms with van der Waals surface area (Å²) in [5, 5.41) is 0. The number of unbranched alkanes of at least 4 members (excludes halogenated alkanes) is 4. The smallest absolute Gasteiger partial charge is 0.302 e. The van der Waals surface area contributed by atoms with Crippen LogP contribution >= 0.6 is 22.6 Å². The van der Waals surface area contributed by atoms with E-state index in [0.717, 1.165) is 25.7 Å². The summed E-state index contributed by atoms with van der Waals surface area (Å²) >= 11 is 1.34. The molecule has 0 saturated heterocycles. The number of esters is 1. The second-order valence-corrected chi connectivity index (χ2v) is 4.47. The molecular formula is C11H17F2IO2. The van der Waals surface area contributed by atoms with Gasteiger partial charge in [-0.05, 0) is 35.4 Å². The molecule has 0 N–H and O–H groups in total. The van der Waals surface area contributed by atoms with Crippen molar-refractivity contribution in [1.29, 1.82) is 0 Å². The van der Waals surface area contributed by atoms with Gasteiger partial charge in [0, 0.05) is 13.3 Å². The van der Waals surface area contributed by atoms with Gasteiger partial charge in [-0.2, -0.15) is 4.39 Å². The van der Waals surface area contributed by atoms with E-state index in [0.29, 0.717) is 13.0 Å². The average Bonchev–Trinajstić information content (AvgIpc) is 2.21. The van der Waals surface area contributed by atoms with Crippen molar-refractivity contribution in [3.63, 3.8) is 0 Å². The zero-order valence-corrected chi connectivity index (χ0v) is 11.6. The van der Waals surface area contributed by atoms with Gasteiger partial charge in [-0.25, -0.2) is 4.39 Å². The molecule has 0 unspecified atom stereocenters. The molecule has 5 heteroatoms. The van der Waals surface area contributed by atoms with Crippen LogP contribution in [0.4, 0.5) is 8.78 Å². The Kier molecular flexibility index (Phi) is 9.86. The van der Waals surface area contributed by atoms with Crippen LogP contribution in [0, 0.1) is 0 Å². The van der Waals surface area contributed by atoms with Crippen molar-refractivity contribution in [1.82, 2.24) is 0 Å². The van der Waals surface area contributed by atoms with Crippen LogP contribution in [-0.4, -0.2) is 12.6 Å². The van der Waals surface area contributed by atoms with Crippen molar-refractivity contribution in [2.24, 2.45) is 0 Å². The molecule has 0 heterocycles. The summed E-state index contributed by atoms with van der Waals surface area (Å²) < 4.78 is 29.0. The lowest BCUT2D eigenvalue weighted by Crippen LogP contribution is -2.00. The molecule has 0 aliphatic carbocycles. The molecule has 0 aromatic rings. The lowest BCUT2D eigenvalue weighted by Gasteiger charge is -2.02. The number of hydrogen-bond acceptors (Lipinski definition) is 2. The predicted molar refractivity (Wildman–Crippen MR) is 67.6 cm³/mol. The molecule has 0 rings (SSSR count). The fraction of sp³-hybridized carbons (Fsp3) is 0.727. The van der Waals surface area contributed by atoms with Crippen molar-refractivity contribution in [3.05, 3.63) is 9.66 Å². The Bertz CT molecular complexity index is 238. The fourth-order valence-corrected chi connectivity index (χ4v) is 1.49. The highest BCUT2D eigenvalue weighted by molar-refractivity contribution is 14.1. The van der Waals surface area contributed by atoms with E-state index in [1.54, 1.807) is 0 Å². The second kappa shape index (κ2) is 9.99. The third kappa shape index (κ3) is 10.3. The average molecular weight is 346 g/mol. The molecule has 0 aromatic carbocycles. The number of carbonyl (C=O) groups excluding carboxylic acids is 1. The highest BCUT2D eigenvalue weighted by atomic mass is 127. The van der Waals surface area contributed by atoms with Crippen molar-refractivity contribution in [2.45, 2.75) is 45.4 Å². The van der Waals surface area contributed by atoms with Crippen LogP contribution in [0.25, 0.3) is 0 Å². The summed E-state index contributed by atoms with van der Waals surface area (Å²) in [5.74, 6) is -0.912. The highest BCUT2D eigenvalue weighted by Crippen LogP contribution is 2.20. The van der Waals surface area contributed by atoms with E-state index in [2.05, 4.69) is 0 Å². The van der Waals surface area contributed by atoms with Gasteiger partial charge in [-0.3, -0.25) is 4.79 Å². The zero-order chi connectivity index (χ0) is 12.4. The Morgan fingerprint density at radius 3 is 2.25 bits per heavy atom. The summed E-state index contributed by atoms with van der Waals surface area (Å²) in [7, 11) is 0. The standard InChI is InChI=1S/C11H17F2IO2/c1-9(15)16-8-6-4-2-3-5-7-10(12)11(13)14/h2-8H2,1H3/b11-10-. The maximum absolute atomic E-state index is 12.7.